The first-order chi connectivity index (χ1) is 15.6. The molecule has 0 aliphatic rings. The van der Waals surface area contributed by atoms with Crippen LogP contribution in [0.1, 0.15) is 23.2 Å². The highest BCUT2D eigenvalue weighted by molar-refractivity contribution is 7.90. The van der Waals surface area contributed by atoms with E-state index < -0.39 is 9.84 Å². The second-order valence-corrected chi connectivity index (χ2v) is 10.1. The molecule has 174 valence electrons. The van der Waals surface area contributed by atoms with Crippen molar-refractivity contribution in [3.63, 3.8) is 0 Å². The summed E-state index contributed by atoms with van der Waals surface area (Å²) in [6.07, 6.45) is 2.62. The molecule has 0 bridgehead atoms. The van der Waals surface area contributed by atoms with Crippen LogP contribution in [0.2, 0.25) is 10.0 Å². The highest BCUT2D eigenvalue weighted by Crippen LogP contribution is 2.33. The number of halogens is 2. The SMILES string of the molecule is CS(=O)(=O)c1ccc(C(=O)NCCCCNc2cc(-c3cccc(Cl)c3Cl)nc(N)n2)cc1. The molecule has 0 radical (unpaired) electrons. The molecule has 0 unspecified atom stereocenters. The van der Waals surface area contributed by atoms with Crippen molar-refractivity contribution in [3.8, 4) is 11.3 Å². The molecule has 4 N–H and O–H groups in total. The number of rotatable bonds is 9. The number of benzene rings is 2. The van der Waals surface area contributed by atoms with Crippen LogP contribution in [0.5, 0.6) is 0 Å². The summed E-state index contributed by atoms with van der Waals surface area (Å²) in [5, 5.41) is 6.83. The Bertz CT molecular complexity index is 1250. The highest BCUT2D eigenvalue weighted by Gasteiger charge is 2.11. The second kappa shape index (κ2) is 10.8. The van der Waals surface area contributed by atoms with E-state index in [0.29, 0.717) is 45.8 Å². The number of aromatic nitrogens is 2. The number of nitrogens with zero attached hydrogens (tertiary/aromatic N) is 2. The third kappa shape index (κ3) is 6.80. The van der Waals surface area contributed by atoms with E-state index in [0.717, 1.165) is 19.1 Å². The topological polar surface area (TPSA) is 127 Å². The largest absolute Gasteiger partial charge is 0.370 e. The number of sulfone groups is 1. The van der Waals surface area contributed by atoms with Gasteiger partial charge in [0, 0.05) is 36.5 Å². The lowest BCUT2D eigenvalue weighted by Gasteiger charge is -2.10. The first-order valence-corrected chi connectivity index (χ1v) is 12.7. The lowest BCUT2D eigenvalue weighted by Crippen LogP contribution is -2.24. The van der Waals surface area contributed by atoms with Crippen LogP contribution in [0, 0.1) is 0 Å². The summed E-state index contributed by atoms with van der Waals surface area (Å²) >= 11 is 12.4. The van der Waals surface area contributed by atoms with Gasteiger partial charge in [0.25, 0.3) is 5.91 Å². The van der Waals surface area contributed by atoms with Gasteiger partial charge in [-0.3, -0.25) is 4.79 Å². The number of nitrogens with two attached hydrogens (primary N) is 1. The molecule has 0 aliphatic heterocycles. The molecule has 0 saturated heterocycles. The van der Waals surface area contributed by atoms with Gasteiger partial charge in [-0.1, -0.05) is 35.3 Å². The third-order valence-corrected chi connectivity index (χ3v) is 6.66. The zero-order valence-electron chi connectivity index (χ0n) is 17.8. The van der Waals surface area contributed by atoms with E-state index in [4.69, 9.17) is 28.9 Å². The number of amides is 1. The molecular formula is C22H23Cl2N5O3S. The molecule has 1 aromatic heterocycles. The Morgan fingerprint density at radius 3 is 2.42 bits per heavy atom. The average Bonchev–Trinajstić information content (AvgIpc) is 2.77. The Labute approximate surface area is 202 Å². The van der Waals surface area contributed by atoms with Crippen molar-refractivity contribution in [2.24, 2.45) is 0 Å². The molecule has 0 spiro atoms. The number of hydrogen-bond donors (Lipinski definition) is 3. The van der Waals surface area contributed by atoms with E-state index >= 15 is 0 Å². The number of carbonyl (C=O) groups is 1. The molecule has 8 nitrogen and oxygen atoms in total. The monoisotopic (exact) mass is 507 g/mol. The third-order valence-electron chi connectivity index (χ3n) is 4.71. The quantitative estimate of drug-likeness (QED) is 0.372. The Morgan fingerprint density at radius 2 is 1.73 bits per heavy atom. The summed E-state index contributed by atoms with van der Waals surface area (Å²) in [5.74, 6) is 0.415. The van der Waals surface area contributed by atoms with Crippen molar-refractivity contribution in [3.05, 3.63) is 64.1 Å². The summed E-state index contributed by atoms with van der Waals surface area (Å²) in [6, 6.07) is 12.9. The second-order valence-electron chi connectivity index (χ2n) is 7.28. The minimum atomic E-state index is -3.29. The van der Waals surface area contributed by atoms with Crippen LogP contribution >= 0.6 is 23.2 Å². The Morgan fingerprint density at radius 1 is 1.03 bits per heavy atom. The van der Waals surface area contributed by atoms with Gasteiger partial charge in [0.1, 0.15) is 5.82 Å². The maximum Gasteiger partial charge on any atom is 0.251 e. The van der Waals surface area contributed by atoms with Gasteiger partial charge in [-0.25, -0.2) is 13.4 Å². The molecule has 2 aromatic carbocycles. The number of nitrogen functional groups attached to an aromatic ring is 1. The molecule has 1 heterocycles. The maximum atomic E-state index is 12.2. The molecule has 3 aromatic rings. The minimum absolute atomic E-state index is 0.111. The first-order valence-electron chi connectivity index (χ1n) is 10.1. The molecule has 0 fully saturated rings. The van der Waals surface area contributed by atoms with Gasteiger partial charge in [0.2, 0.25) is 5.95 Å². The summed E-state index contributed by atoms with van der Waals surface area (Å²) in [5.41, 5.74) is 7.47. The van der Waals surface area contributed by atoms with Crippen LogP contribution in [0.4, 0.5) is 11.8 Å². The van der Waals surface area contributed by atoms with Crippen LogP contribution in [0.25, 0.3) is 11.3 Å². The van der Waals surface area contributed by atoms with Crippen molar-refractivity contribution in [2.75, 3.05) is 30.4 Å². The maximum absolute atomic E-state index is 12.2. The number of anilines is 2. The van der Waals surface area contributed by atoms with E-state index in [-0.39, 0.29) is 16.8 Å². The Balaban J connectivity index is 1.47. The van der Waals surface area contributed by atoms with Crippen LogP contribution < -0.4 is 16.4 Å². The van der Waals surface area contributed by atoms with Crippen molar-refractivity contribution >= 4 is 50.7 Å². The smallest absolute Gasteiger partial charge is 0.251 e. The molecule has 0 saturated carbocycles. The fourth-order valence-corrected chi connectivity index (χ4v) is 4.05. The van der Waals surface area contributed by atoms with Gasteiger partial charge < -0.3 is 16.4 Å². The molecule has 0 atom stereocenters. The van der Waals surface area contributed by atoms with Crippen LogP contribution in [0.3, 0.4) is 0 Å². The van der Waals surface area contributed by atoms with Gasteiger partial charge >= 0.3 is 0 Å². The van der Waals surface area contributed by atoms with Crippen molar-refractivity contribution in [1.29, 1.82) is 0 Å². The molecule has 1 amide bonds. The standard InChI is InChI=1S/C22H23Cl2N5O3S/c1-33(31,32)15-9-7-14(8-10-15)21(30)27-12-3-2-11-26-19-13-18(28-22(25)29-19)16-5-4-6-17(23)20(16)24/h4-10,13H,2-3,11-12H2,1H3,(H,27,30)(H3,25,26,28,29). The van der Waals surface area contributed by atoms with Gasteiger partial charge in [-0.05, 0) is 43.2 Å². The summed E-state index contributed by atoms with van der Waals surface area (Å²) in [6.45, 7) is 1.09. The fraction of sp³-hybridized carbons (Fsp3) is 0.227. The fourth-order valence-electron chi connectivity index (χ4n) is 3.02. The zero-order valence-corrected chi connectivity index (χ0v) is 20.1. The molecule has 11 heteroatoms. The van der Waals surface area contributed by atoms with Crippen molar-refractivity contribution < 1.29 is 13.2 Å². The average molecular weight is 508 g/mol. The Hall–Kier alpha value is -2.88. The van der Waals surface area contributed by atoms with E-state index in [1.165, 1.54) is 24.3 Å². The summed E-state index contributed by atoms with van der Waals surface area (Å²) < 4.78 is 23.0. The van der Waals surface area contributed by atoms with E-state index in [1.807, 2.05) is 0 Å². The van der Waals surface area contributed by atoms with E-state index in [1.54, 1.807) is 24.3 Å². The van der Waals surface area contributed by atoms with Gasteiger partial charge in [0.05, 0.1) is 20.6 Å². The Kier molecular flexibility index (Phi) is 8.12. The molecule has 0 aliphatic carbocycles. The normalized spacial score (nSPS) is 11.2. The lowest BCUT2D eigenvalue weighted by atomic mass is 10.1. The summed E-state index contributed by atoms with van der Waals surface area (Å²) in [4.78, 5) is 20.8. The number of carbonyl (C=O) groups excluding carboxylic acids is 1. The van der Waals surface area contributed by atoms with Crippen LogP contribution in [0.15, 0.2) is 53.4 Å². The molecule has 33 heavy (non-hydrogen) atoms. The minimum Gasteiger partial charge on any atom is -0.370 e. The highest BCUT2D eigenvalue weighted by atomic mass is 35.5. The predicted molar refractivity (Wildman–Crippen MR) is 132 cm³/mol. The number of unbranched alkanes of at least 4 members (excludes halogenated alkanes) is 1. The molecular weight excluding hydrogens is 485 g/mol. The number of hydrogen-bond acceptors (Lipinski definition) is 7. The zero-order chi connectivity index (χ0) is 24.0. The molecule has 3 rings (SSSR count). The van der Waals surface area contributed by atoms with Gasteiger partial charge in [-0.2, -0.15) is 4.98 Å². The van der Waals surface area contributed by atoms with E-state index in [9.17, 15) is 13.2 Å². The van der Waals surface area contributed by atoms with Crippen LogP contribution in [-0.4, -0.2) is 43.6 Å². The van der Waals surface area contributed by atoms with Gasteiger partial charge in [0.15, 0.2) is 9.84 Å². The first kappa shape index (κ1) is 24.8. The van der Waals surface area contributed by atoms with Gasteiger partial charge in [-0.15, -0.1) is 0 Å². The van der Waals surface area contributed by atoms with Crippen LogP contribution in [-0.2, 0) is 9.84 Å². The predicted octanol–water partition coefficient (Wildman–Crippen LogP) is 4.06. The summed E-state index contributed by atoms with van der Waals surface area (Å²) in [7, 11) is -3.29. The number of nitrogens with one attached hydrogen (secondary N) is 2. The van der Waals surface area contributed by atoms with Crippen molar-refractivity contribution in [1.82, 2.24) is 15.3 Å². The van der Waals surface area contributed by atoms with Crippen molar-refractivity contribution in [2.45, 2.75) is 17.7 Å². The van der Waals surface area contributed by atoms with E-state index in [2.05, 4.69) is 20.6 Å². The lowest BCUT2D eigenvalue weighted by molar-refractivity contribution is 0.0953.